The van der Waals surface area contributed by atoms with Crippen LogP contribution in [0.2, 0.25) is 0 Å². The van der Waals surface area contributed by atoms with Crippen molar-refractivity contribution >= 4 is 26.8 Å². The van der Waals surface area contributed by atoms with Crippen molar-refractivity contribution in [2.75, 3.05) is 0 Å². The largest absolute Gasteiger partial charge is 0.438 e. The number of halogens is 1. The van der Waals surface area contributed by atoms with Gasteiger partial charge < -0.3 is 9.30 Å². The molecule has 3 rings (SSSR count). The Balaban J connectivity index is 2.19. The number of aryl methyl sites for hydroxylation is 4. The van der Waals surface area contributed by atoms with E-state index in [9.17, 15) is 0 Å². The second-order valence-corrected chi connectivity index (χ2v) is 8.04. The smallest absolute Gasteiger partial charge is 0.229 e. The highest BCUT2D eigenvalue weighted by Crippen LogP contribution is 2.37. The van der Waals surface area contributed by atoms with E-state index < -0.39 is 0 Å². The minimum atomic E-state index is 0.497. The third kappa shape index (κ3) is 3.39. The summed E-state index contributed by atoms with van der Waals surface area (Å²) in [5.74, 6) is 1.60. The first-order chi connectivity index (χ1) is 12.3. The van der Waals surface area contributed by atoms with Gasteiger partial charge in [-0.2, -0.15) is 0 Å². The van der Waals surface area contributed by atoms with Crippen LogP contribution in [0.25, 0.3) is 10.9 Å². The molecule has 0 aliphatic heterocycles. The normalized spacial score (nSPS) is 11.5. The molecule has 3 nitrogen and oxygen atoms in total. The lowest BCUT2D eigenvalue weighted by Crippen LogP contribution is -2.05. The van der Waals surface area contributed by atoms with Crippen molar-refractivity contribution in [2.45, 2.75) is 60.4 Å². The second-order valence-electron chi connectivity index (χ2n) is 7.12. The topological polar surface area (TPSA) is 27.1 Å². The molecule has 4 heteroatoms. The molecule has 0 fully saturated rings. The molecule has 0 atom stereocenters. The SMILES string of the molecule is CCC(CC)n1cc(C)c2c(Oc3c(C)cc(Br)cc3C)nc(C)cc21. The summed E-state index contributed by atoms with van der Waals surface area (Å²) in [7, 11) is 0. The molecule has 2 heterocycles. The summed E-state index contributed by atoms with van der Waals surface area (Å²) in [6.45, 7) is 12.8. The molecular weight excluding hydrogens is 388 g/mol. The fourth-order valence-electron chi connectivity index (χ4n) is 3.76. The number of rotatable bonds is 5. The lowest BCUT2D eigenvalue weighted by molar-refractivity contribution is 0.459. The van der Waals surface area contributed by atoms with Gasteiger partial charge in [0.1, 0.15) is 5.75 Å². The molecular formula is C22H27BrN2O. The first-order valence-electron chi connectivity index (χ1n) is 9.29. The quantitative estimate of drug-likeness (QED) is 0.441. The van der Waals surface area contributed by atoms with Gasteiger partial charge in [-0.05, 0) is 75.4 Å². The highest BCUT2D eigenvalue weighted by molar-refractivity contribution is 9.10. The highest BCUT2D eigenvalue weighted by Gasteiger charge is 2.18. The van der Waals surface area contributed by atoms with Gasteiger partial charge in [-0.1, -0.05) is 29.8 Å². The van der Waals surface area contributed by atoms with Crippen LogP contribution in [0.5, 0.6) is 11.6 Å². The van der Waals surface area contributed by atoms with Crippen LogP contribution in [0.15, 0.2) is 28.9 Å². The molecule has 0 N–H and O–H groups in total. The zero-order chi connectivity index (χ0) is 19.0. The van der Waals surface area contributed by atoms with Gasteiger partial charge >= 0.3 is 0 Å². The molecule has 0 saturated heterocycles. The van der Waals surface area contributed by atoms with Gasteiger partial charge in [0, 0.05) is 22.4 Å². The van der Waals surface area contributed by atoms with Crippen LogP contribution in [0.4, 0.5) is 0 Å². The Morgan fingerprint density at radius 1 is 1.00 bits per heavy atom. The van der Waals surface area contributed by atoms with E-state index in [1.54, 1.807) is 0 Å². The Morgan fingerprint density at radius 2 is 1.62 bits per heavy atom. The number of pyridine rings is 1. The van der Waals surface area contributed by atoms with E-state index in [4.69, 9.17) is 9.72 Å². The van der Waals surface area contributed by atoms with Crippen molar-refractivity contribution in [2.24, 2.45) is 0 Å². The Bertz CT molecular complexity index is 931. The van der Waals surface area contributed by atoms with Gasteiger partial charge in [0.15, 0.2) is 0 Å². The molecule has 0 aliphatic carbocycles. The third-order valence-electron chi connectivity index (χ3n) is 5.06. The molecule has 0 amide bonds. The summed E-state index contributed by atoms with van der Waals surface area (Å²) in [5, 5.41) is 1.12. The summed E-state index contributed by atoms with van der Waals surface area (Å²) >= 11 is 3.56. The molecule has 0 aliphatic rings. The summed E-state index contributed by atoms with van der Waals surface area (Å²) in [6, 6.07) is 6.83. The minimum absolute atomic E-state index is 0.497. The van der Waals surface area contributed by atoms with Gasteiger partial charge in [-0.3, -0.25) is 0 Å². The van der Waals surface area contributed by atoms with Gasteiger partial charge in [0.05, 0.1) is 10.9 Å². The second kappa shape index (κ2) is 7.43. The van der Waals surface area contributed by atoms with Gasteiger partial charge in [0.2, 0.25) is 5.88 Å². The van der Waals surface area contributed by atoms with Crippen LogP contribution in [0, 0.1) is 27.7 Å². The maximum Gasteiger partial charge on any atom is 0.229 e. The monoisotopic (exact) mass is 414 g/mol. The predicted molar refractivity (Wildman–Crippen MR) is 113 cm³/mol. The number of aromatic nitrogens is 2. The van der Waals surface area contributed by atoms with Gasteiger partial charge in [-0.15, -0.1) is 0 Å². The average Bonchev–Trinajstić information content (AvgIpc) is 2.88. The molecule has 0 unspecified atom stereocenters. The molecule has 0 bridgehead atoms. The lowest BCUT2D eigenvalue weighted by atomic mass is 10.1. The van der Waals surface area contributed by atoms with Crippen molar-refractivity contribution in [3.8, 4) is 11.6 Å². The summed E-state index contributed by atoms with van der Waals surface area (Å²) < 4.78 is 9.85. The number of ether oxygens (including phenoxy) is 1. The summed E-state index contributed by atoms with van der Waals surface area (Å²) in [6.07, 6.45) is 4.47. The third-order valence-corrected chi connectivity index (χ3v) is 5.52. The van der Waals surface area contributed by atoms with Crippen molar-refractivity contribution in [3.63, 3.8) is 0 Å². The minimum Gasteiger partial charge on any atom is -0.438 e. The summed E-state index contributed by atoms with van der Waals surface area (Å²) in [4.78, 5) is 4.74. The van der Waals surface area contributed by atoms with Crippen LogP contribution < -0.4 is 4.74 Å². The number of benzene rings is 1. The van der Waals surface area contributed by atoms with Gasteiger partial charge in [0.25, 0.3) is 0 Å². The Labute approximate surface area is 164 Å². The number of fused-ring (bicyclic) bond motifs is 1. The van der Waals surface area contributed by atoms with Crippen molar-refractivity contribution in [1.82, 2.24) is 9.55 Å². The van der Waals surface area contributed by atoms with E-state index in [1.807, 2.05) is 6.92 Å². The van der Waals surface area contributed by atoms with E-state index in [0.29, 0.717) is 11.9 Å². The molecule has 0 spiro atoms. The van der Waals surface area contributed by atoms with Gasteiger partial charge in [-0.25, -0.2) is 4.98 Å². The van der Waals surface area contributed by atoms with Crippen molar-refractivity contribution in [1.29, 1.82) is 0 Å². The van der Waals surface area contributed by atoms with E-state index in [2.05, 4.69) is 79.5 Å². The van der Waals surface area contributed by atoms with Crippen LogP contribution in [-0.4, -0.2) is 9.55 Å². The van der Waals surface area contributed by atoms with Crippen LogP contribution in [-0.2, 0) is 0 Å². The number of hydrogen-bond donors (Lipinski definition) is 0. The first kappa shape index (κ1) is 19.0. The molecule has 26 heavy (non-hydrogen) atoms. The fraction of sp³-hybridized carbons (Fsp3) is 0.409. The van der Waals surface area contributed by atoms with E-state index in [0.717, 1.165) is 45.3 Å². The molecule has 0 saturated carbocycles. The zero-order valence-electron chi connectivity index (χ0n) is 16.5. The maximum atomic E-state index is 6.38. The highest BCUT2D eigenvalue weighted by atomic mass is 79.9. The fourth-order valence-corrected chi connectivity index (χ4v) is 4.44. The average molecular weight is 415 g/mol. The molecule has 3 aromatic rings. The van der Waals surface area contributed by atoms with Crippen molar-refractivity contribution in [3.05, 3.63) is 51.3 Å². The van der Waals surface area contributed by atoms with Crippen molar-refractivity contribution < 1.29 is 4.74 Å². The summed E-state index contributed by atoms with van der Waals surface area (Å²) in [5.41, 5.74) is 5.61. The lowest BCUT2D eigenvalue weighted by Gasteiger charge is -2.17. The van der Waals surface area contributed by atoms with Crippen LogP contribution in [0.1, 0.15) is 55.1 Å². The van der Waals surface area contributed by atoms with Crippen LogP contribution in [0.3, 0.4) is 0 Å². The first-order valence-corrected chi connectivity index (χ1v) is 10.1. The Kier molecular flexibility index (Phi) is 5.42. The Morgan fingerprint density at radius 3 is 2.19 bits per heavy atom. The molecule has 138 valence electrons. The number of nitrogens with zero attached hydrogens (tertiary/aromatic N) is 2. The number of hydrogen-bond acceptors (Lipinski definition) is 2. The molecule has 1 aromatic carbocycles. The van der Waals surface area contributed by atoms with E-state index in [1.165, 1.54) is 11.1 Å². The molecule has 0 radical (unpaired) electrons. The predicted octanol–water partition coefficient (Wildman–Crippen LogP) is 7.19. The maximum absolute atomic E-state index is 6.38. The molecule has 2 aromatic heterocycles. The zero-order valence-corrected chi connectivity index (χ0v) is 18.1. The van der Waals surface area contributed by atoms with E-state index in [-0.39, 0.29) is 0 Å². The van der Waals surface area contributed by atoms with E-state index >= 15 is 0 Å². The Hall–Kier alpha value is -1.81. The standard InChI is InChI=1S/C22H27BrN2O/c1-7-18(8-2)25-12-15(5)20-19(25)11-16(6)24-22(20)26-21-13(3)9-17(23)10-14(21)4/h9-12,18H,7-8H2,1-6H3. The van der Waals surface area contributed by atoms with Crippen LogP contribution >= 0.6 is 15.9 Å².